The van der Waals surface area contributed by atoms with Crippen molar-refractivity contribution in [1.82, 2.24) is 4.57 Å². The molecule has 1 aliphatic carbocycles. The van der Waals surface area contributed by atoms with Crippen molar-refractivity contribution in [1.29, 1.82) is 0 Å². The van der Waals surface area contributed by atoms with Gasteiger partial charge in [-0.1, -0.05) is 78.1 Å². The van der Waals surface area contributed by atoms with Crippen LogP contribution in [0.4, 0.5) is 11.4 Å². The lowest BCUT2D eigenvalue weighted by Gasteiger charge is -2.30. The predicted octanol–water partition coefficient (Wildman–Crippen LogP) is 5.93. The number of hydrogen-bond donors (Lipinski definition) is 0. The van der Waals surface area contributed by atoms with Crippen LogP contribution in [0, 0.1) is 20.2 Å². The second kappa shape index (κ2) is 10.9. The van der Waals surface area contributed by atoms with Crippen LogP contribution in [0.1, 0.15) is 34.7 Å². The molecule has 0 saturated heterocycles. The van der Waals surface area contributed by atoms with Crippen LogP contribution in [0.2, 0.25) is 0 Å². The van der Waals surface area contributed by atoms with Crippen molar-refractivity contribution in [2.75, 3.05) is 0 Å². The summed E-state index contributed by atoms with van der Waals surface area (Å²) in [6.45, 7) is 0. The van der Waals surface area contributed by atoms with Gasteiger partial charge in [-0.25, -0.2) is 4.99 Å². The molecule has 0 bridgehead atoms. The van der Waals surface area contributed by atoms with Gasteiger partial charge in [0.15, 0.2) is 4.80 Å². The molecule has 0 unspecified atom stereocenters. The molecular formula is C33H22N4O6S. The monoisotopic (exact) mass is 602 g/mol. The maximum atomic E-state index is 14.0. The number of non-ortho nitro benzene ring substituents is 1. The van der Waals surface area contributed by atoms with E-state index in [4.69, 9.17) is 9.73 Å². The summed E-state index contributed by atoms with van der Waals surface area (Å²) >= 11 is 1.31. The van der Waals surface area contributed by atoms with Gasteiger partial charge in [-0.2, -0.15) is 0 Å². The van der Waals surface area contributed by atoms with Crippen molar-refractivity contribution in [2.45, 2.75) is 18.9 Å². The second-order valence-corrected chi connectivity index (χ2v) is 11.4. The molecule has 10 nitrogen and oxygen atoms in total. The van der Waals surface area contributed by atoms with Gasteiger partial charge in [0.05, 0.1) is 32.2 Å². The standard InChI is InChI=1S/C33H22N4O6S/c38-32-29(18-20-7-6-11-24(17-20)43-28-16-14-23(36(39)40)19-27(28)37(41)42)44-33-34-30-25-12-5-4-8-21(25)13-15-26(30)31(35(32)33)22-9-2-1-3-10-22/h1-12,14,16-19,31H,13,15H2/b29-18-/t31-/m0/s1. The minimum absolute atomic E-state index is 0.133. The molecule has 216 valence electrons. The molecule has 2 aliphatic rings. The zero-order valence-electron chi connectivity index (χ0n) is 23.0. The fourth-order valence-corrected chi connectivity index (χ4v) is 6.75. The number of nitro groups is 2. The fraction of sp³-hybridized carbons (Fsp3) is 0.0909. The minimum atomic E-state index is -0.728. The normalized spacial score (nSPS) is 15.5. The SMILES string of the molecule is O=c1/c(=C/c2cccc(Oc3ccc([N+](=O)[O-])cc3[N+](=O)[O-])c2)sc2n1[C@@H](c1ccccc1)C1=C(N=2)c2ccccc2CC1. The summed E-state index contributed by atoms with van der Waals surface area (Å²) in [5.74, 6) is 0.142. The number of benzene rings is 4. The average Bonchev–Trinajstić information content (AvgIpc) is 3.34. The van der Waals surface area contributed by atoms with Gasteiger partial charge in [-0.15, -0.1) is 0 Å². The third kappa shape index (κ3) is 4.78. The molecule has 0 fully saturated rings. The van der Waals surface area contributed by atoms with Crippen LogP contribution in [0.25, 0.3) is 11.8 Å². The lowest BCUT2D eigenvalue weighted by Crippen LogP contribution is -2.38. The van der Waals surface area contributed by atoms with E-state index in [0.717, 1.165) is 47.4 Å². The Kier molecular flexibility index (Phi) is 6.71. The Balaban J connectivity index is 1.32. The van der Waals surface area contributed by atoms with Crippen molar-refractivity contribution in [3.63, 3.8) is 0 Å². The number of fused-ring (bicyclic) bond motifs is 3. The highest BCUT2D eigenvalue weighted by atomic mass is 32.1. The summed E-state index contributed by atoms with van der Waals surface area (Å²) in [5.41, 5.74) is 4.94. The zero-order chi connectivity index (χ0) is 30.4. The molecule has 0 N–H and O–H groups in total. The van der Waals surface area contributed by atoms with Gasteiger partial charge in [0, 0.05) is 11.6 Å². The Morgan fingerprint density at radius 3 is 2.48 bits per heavy atom. The van der Waals surface area contributed by atoms with E-state index >= 15 is 0 Å². The number of hydrogen-bond acceptors (Lipinski definition) is 8. The molecule has 4 aromatic carbocycles. The number of allylic oxidation sites excluding steroid dienone is 1. The fourth-order valence-electron chi connectivity index (χ4n) is 5.75. The van der Waals surface area contributed by atoms with E-state index in [-0.39, 0.29) is 23.1 Å². The Bertz CT molecular complexity index is 2200. The van der Waals surface area contributed by atoms with E-state index in [9.17, 15) is 25.0 Å². The number of nitrogens with zero attached hydrogens (tertiary/aromatic N) is 4. The first-order valence-corrected chi connectivity index (χ1v) is 14.6. The first-order valence-electron chi connectivity index (χ1n) is 13.8. The molecule has 7 rings (SSSR count). The van der Waals surface area contributed by atoms with Crippen LogP contribution in [0.5, 0.6) is 11.5 Å². The molecule has 0 spiro atoms. The average molecular weight is 603 g/mol. The minimum Gasteiger partial charge on any atom is -0.450 e. The van der Waals surface area contributed by atoms with Crippen molar-refractivity contribution >= 4 is 34.5 Å². The number of ether oxygens (including phenoxy) is 1. The molecular weight excluding hydrogens is 580 g/mol. The number of aromatic nitrogens is 1. The van der Waals surface area contributed by atoms with Crippen LogP contribution in [-0.4, -0.2) is 14.4 Å². The van der Waals surface area contributed by atoms with Gasteiger partial charge in [0.2, 0.25) is 5.75 Å². The molecule has 0 saturated carbocycles. The van der Waals surface area contributed by atoms with E-state index in [1.54, 1.807) is 34.9 Å². The van der Waals surface area contributed by atoms with E-state index in [0.29, 0.717) is 14.9 Å². The van der Waals surface area contributed by atoms with Gasteiger partial charge in [0.25, 0.3) is 11.2 Å². The summed E-state index contributed by atoms with van der Waals surface area (Å²) in [7, 11) is 0. The summed E-state index contributed by atoms with van der Waals surface area (Å²) < 4.78 is 8.04. The Morgan fingerprint density at radius 1 is 0.886 bits per heavy atom. The molecule has 1 aromatic heterocycles. The van der Waals surface area contributed by atoms with E-state index in [1.165, 1.54) is 23.0 Å². The van der Waals surface area contributed by atoms with E-state index < -0.39 is 21.2 Å². The Hall–Kier alpha value is -5.68. The van der Waals surface area contributed by atoms with Crippen LogP contribution in [0.15, 0.2) is 112 Å². The highest BCUT2D eigenvalue weighted by Crippen LogP contribution is 2.41. The summed E-state index contributed by atoms with van der Waals surface area (Å²) in [4.78, 5) is 40.9. The van der Waals surface area contributed by atoms with Crippen molar-refractivity contribution < 1.29 is 14.6 Å². The van der Waals surface area contributed by atoms with Crippen LogP contribution in [0.3, 0.4) is 0 Å². The molecule has 11 heteroatoms. The highest BCUT2D eigenvalue weighted by Gasteiger charge is 2.32. The van der Waals surface area contributed by atoms with E-state index in [2.05, 4.69) is 12.1 Å². The topological polar surface area (TPSA) is 130 Å². The Morgan fingerprint density at radius 2 is 1.68 bits per heavy atom. The van der Waals surface area contributed by atoms with Crippen LogP contribution in [-0.2, 0) is 6.42 Å². The number of nitro benzene ring substituents is 2. The highest BCUT2D eigenvalue weighted by molar-refractivity contribution is 7.07. The summed E-state index contributed by atoms with van der Waals surface area (Å²) in [6.07, 6.45) is 3.42. The Labute approximate surface area is 253 Å². The second-order valence-electron chi connectivity index (χ2n) is 10.4. The predicted molar refractivity (Wildman–Crippen MR) is 165 cm³/mol. The maximum Gasteiger partial charge on any atom is 0.318 e. The van der Waals surface area contributed by atoms with Crippen molar-refractivity contribution in [2.24, 2.45) is 4.99 Å². The van der Waals surface area contributed by atoms with Crippen molar-refractivity contribution in [3.8, 4) is 11.5 Å². The maximum absolute atomic E-state index is 14.0. The largest absolute Gasteiger partial charge is 0.450 e. The van der Waals surface area contributed by atoms with Gasteiger partial charge >= 0.3 is 5.69 Å². The summed E-state index contributed by atoms with van der Waals surface area (Å²) in [6, 6.07) is 27.9. The van der Waals surface area contributed by atoms with Gasteiger partial charge in [-0.05, 0) is 59.4 Å². The third-order valence-corrected chi connectivity index (χ3v) is 8.70. The lowest BCUT2D eigenvalue weighted by molar-refractivity contribution is -0.394. The quantitative estimate of drug-likeness (QED) is 0.175. The van der Waals surface area contributed by atoms with Gasteiger partial charge in [-0.3, -0.25) is 29.6 Å². The molecule has 1 atom stereocenters. The molecule has 5 aromatic rings. The van der Waals surface area contributed by atoms with Gasteiger partial charge in [0.1, 0.15) is 5.75 Å². The smallest absolute Gasteiger partial charge is 0.318 e. The summed E-state index contributed by atoms with van der Waals surface area (Å²) in [5, 5.41) is 22.7. The first kappa shape index (κ1) is 27.2. The van der Waals surface area contributed by atoms with E-state index in [1.807, 2.05) is 42.5 Å². The van der Waals surface area contributed by atoms with Gasteiger partial charge < -0.3 is 4.74 Å². The molecule has 1 aliphatic heterocycles. The van der Waals surface area contributed by atoms with Crippen LogP contribution < -0.4 is 19.6 Å². The lowest BCUT2D eigenvalue weighted by atomic mass is 9.83. The van der Waals surface area contributed by atoms with Crippen LogP contribution >= 0.6 is 11.3 Å². The van der Waals surface area contributed by atoms with Crippen molar-refractivity contribution in [3.05, 3.63) is 165 Å². The molecule has 0 amide bonds. The molecule has 44 heavy (non-hydrogen) atoms. The molecule has 0 radical (unpaired) electrons. The number of thiazole rings is 1. The third-order valence-electron chi connectivity index (χ3n) is 7.72. The number of aryl methyl sites for hydroxylation is 1. The number of rotatable bonds is 6. The molecule has 2 heterocycles. The zero-order valence-corrected chi connectivity index (χ0v) is 23.8. The first-order chi connectivity index (χ1) is 21.4.